The Hall–Kier alpha value is -3.91. The lowest BCUT2D eigenvalue weighted by molar-refractivity contribution is -0.124. The van der Waals surface area contributed by atoms with Crippen molar-refractivity contribution in [3.8, 4) is 11.5 Å². The van der Waals surface area contributed by atoms with Gasteiger partial charge in [0.2, 0.25) is 0 Å². The van der Waals surface area contributed by atoms with E-state index in [2.05, 4.69) is 11.4 Å². The third-order valence-corrected chi connectivity index (χ3v) is 6.09. The molecule has 1 aliphatic carbocycles. The van der Waals surface area contributed by atoms with Crippen LogP contribution in [-0.4, -0.2) is 57.9 Å². The summed E-state index contributed by atoms with van der Waals surface area (Å²) in [7, 11) is 4.76. The Bertz CT molecular complexity index is 1300. The first-order chi connectivity index (χ1) is 17.5. The number of hydrogen-bond donors (Lipinski definition) is 1. The lowest BCUT2D eigenvalue weighted by atomic mass is 9.86. The summed E-state index contributed by atoms with van der Waals surface area (Å²) < 4.78 is 21.2. The highest BCUT2D eigenvalue weighted by Crippen LogP contribution is 2.37. The average Bonchev–Trinajstić information content (AvgIpc) is 2.90. The van der Waals surface area contributed by atoms with Crippen LogP contribution in [0.15, 0.2) is 42.5 Å². The topological polar surface area (TPSA) is 96.0 Å². The Morgan fingerprint density at radius 3 is 2.61 bits per heavy atom. The number of carbonyl (C=O) groups is 2. The molecule has 1 heterocycles. The predicted molar refractivity (Wildman–Crippen MR) is 137 cm³/mol. The smallest absolute Gasteiger partial charge is 0.339 e. The van der Waals surface area contributed by atoms with Crippen LogP contribution < -0.4 is 14.8 Å². The predicted octanol–water partition coefficient (Wildman–Crippen LogP) is 4.05. The van der Waals surface area contributed by atoms with Crippen molar-refractivity contribution in [1.82, 2.24) is 10.3 Å². The molecular formula is C28H30N2O6. The Balaban J connectivity index is 1.70. The van der Waals surface area contributed by atoms with E-state index in [1.54, 1.807) is 21.3 Å². The molecule has 0 spiro atoms. The summed E-state index contributed by atoms with van der Waals surface area (Å²) in [4.78, 5) is 30.3. The molecule has 0 fully saturated rings. The number of amides is 1. The SMILES string of the molecule is COCCNC(=O)COC(=O)c1c2c(nc3ccccc13)/C(=C/c1ccc(OC)c(OC)c1)CCC2. The van der Waals surface area contributed by atoms with Gasteiger partial charge in [-0.25, -0.2) is 9.78 Å². The zero-order valence-electron chi connectivity index (χ0n) is 20.8. The molecule has 188 valence electrons. The summed E-state index contributed by atoms with van der Waals surface area (Å²) >= 11 is 0. The lowest BCUT2D eigenvalue weighted by Gasteiger charge is -2.22. The molecular weight excluding hydrogens is 460 g/mol. The number of methoxy groups -OCH3 is 3. The highest BCUT2D eigenvalue weighted by Gasteiger charge is 2.26. The molecule has 8 nitrogen and oxygen atoms in total. The van der Waals surface area contributed by atoms with Crippen LogP contribution in [-0.2, 0) is 20.7 Å². The number of pyridine rings is 1. The van der Waals surface area contributed by atoms with Crippen LogP contribution >= 0.6 is 0 Å². The Morgan fingerprint density at radius 1 is 1.03 bits per heavy atom. The number of rotatable bonds is 9. The number of carbonyl (C=O) groups excluding carboxylic acids is 2. The molecule has 8 heteroatoms. The molecule has 1 aliphatic rings. The maximum atomic E-state index is 13.3. The molecule has 0 saturated carbocycles. The van der Waals surface area contributed by atoms with E-state index in [0.29, 0.717) is 47.5 Å². The van der Waals surface area contributed by atoms with Crippen molar-refractivity contribution in [2.24, 2.45) is 0 Å². The van der Waals surface area contributed by atoms with E-state index in [4.69, 9.17) is 23.9 Å². The van der Waals surface area contributed by atoms with E-state index in [-0.39, 0.29) is 12.5 Å². The Labute approximate surface area is 210 Å². The summed E-state index contributed by atoms with van der Waals surface area (Å²) in [5.41, 5.74) is 4.77. The fourth-order valence-corrected chi connectivity index (χ4v) is 4.40. The van der Waals surface area contributed by atoms with Gasteiger partial charge in [0.05, 0.1) is 37.6 Å². The summed E-state index contributed by atoms with van der Waals surface area (Å²) in [6.07, 6.45) is 4.45. The molecule has 0 bridgehead atoms. The number of aromatic nitrogens is 1. The number of para-hydroxylation sites is 1. The molecule has 3 aromatic rings. The summed E-state index contributed by atoms with van der Waals surface area (Å²) in [6, 6.07) is 13.2. The van der Waals surface area contributed by atoms with E-state index in [1.165, 1.54) is 0 Å². The molecule has 1 amide bonds. The molecule has 0 aliphatic heterocycles. The van der Waals surface area contributed by atoms with Crippen LogP contribution in [0.4, 0.5) is 0 Å². The fraction of sp³-hybridized carbons (Fsp3) is 0.321. The van der Waals surface area contributed by atoms with Gasteiger partial charge in [0.15, 0.2) is 18.1 Å². The highest BCUT2D eigenvalue weighted by molar-refractivity contribution is 6.07. The maximum Gasteiger partial charge on any atom is 0.339 e. The second kappa shape index (κ2) is 11.7. The molecule has 0 atom stereocenters. The minimum absolute atomic E-state index is 0.352. The van der Waals surface area contributed by atoms with E-state index in [9.17, 15) is 9.59 Å². The van der Waals surface area contributed by atoms with Gasteiger partial charge in [-0.2, -0.15) is 0 Å². The van der Waals surface area contributed by atoms with Crippen LogP contribution in [0.3, 0.4) is 0 Å². The van der Waals surface area contributed by atoms with E-state index in [1.807, 2.05) is 42.5 Å². The van der Waals surface area contributed by atoms with Gasteiger partial charge in [-0.1, -0.05) is 24.3 Å². The number of allylic oxidation sites excluding steroid dienone is 1. The zero-order valence-corrected chi connectivity index (χ0v) is 20.8. The first-order valence-corrected chi connectivity index (χ1v) is 11.8. The van der Waals surface area contributed by atoms with E-state index in [0.717, 1.165) is 35.2 Å². The van der Waals surface area contributed by atoms with E-state index >= 15 is 0 Å². The van der Waals surface area contributed by atoms with Crippen LogP contribution in [0.5, 0.6) is 11.5 Å². The highest BCUT2D eigenvalue weighted by atomic mass is 16.5. The van der Waals surface area contributed by atoms with Gasteiger partial charge in [-0.15, -0.1) is 0 Å². The van der Waals surface area contributed by atoms with Gasteiger partial charge < -0.3 is 24.3 Å². The van der Waals surface area contributed by atoms with Gasteiger partial charge in [-0.05, 0) is 60.2 Å². The minimum atomic E-state index is -0.529. The number of benzene rings is 2. The molecule has 2 aromatic carbocycles. The van der Waals surface area contributed by atoms with Crippen molar-refractivity contribution >= 4 is 34.4 Å². The largest absolute Gasteiger partial charge is 0.493 e. The standard InChI is InChI=1S/C28H30N2O6/c1-33-14-13-29-25(31)17-36-28(32)26-20-8-4-5-10-22(20)30-27-19(7-6-9-21(26)27)15-18-11-12-23(34-2)24(16-18)35-3/h4-5,8,10-12,15-16H,6-7,9,13-14,17H2,1-3H3,(H,29,31)/b19-15+. The molecule has 36 heavy (non-hydrogen) atoms. The number of ether oxygens (including phenoxy) is 4. The van der Waals surface area contributed by atoms with Crippen LogP contribution in [0, 0.1) is 0 Å². The quantitative estimate of drug-likeness (QED) is 0.357. The van der Waals surface area contributed by atoms with Crippen molar-refractivity contribution in [2.45, 2.75) is 19.3 Å². The first-order valence-electron chi connectivity index (χ1n) is 11.8. The zero-order chi connectivity index (χ0) is 25.5. The number of nitrogens with one attached hydrogen (secondary N) is 1. The number of esters is 1. The van der Waals surface area contributed by atoms with Crippen molar-refractivity contribution in [3.63, 3.8) is 0 Å². The number of hydrogen-bond acceptors (Lipinski definition) is 7. The molecule has 4 rings (SSSR count). The number of fused-ring (bicyclic) bond motifs is 2. The maximum absolute atomic E-state index is 13.3. The van der Waals surface area contributed by atoms with Crippen molar-refractivity contribution in [3.05, 3.63) is 64.8 Å². The monoisotopic (exact) mass is 490 g/mol. The second-order valence-corrected chi connectivity index (χ2v) is 8.39. The summed E-state index contributed by atoms with van der Waals surface area (Å²) in [5.74, 6) is 0.396. The Kier molecular flexibility index (Phi) is 8.17. The molecule has 0 saturated heterocycles. The van der Waals surface area contributed by atoms with Gasteiger partial charge in [0.1, 0.15) is 0 Å². The summed E-state index contributed by atoms with van der Waals surface area (Å²) in [5, 5.41) is 3.38. The van der Waals surface area contributed by atoms with Gasteiger partial charge in [0.25, 0.3) is 5.91 Å². The first kappa shape index (κ1) is 25.2. The molecule has 0 unspecified atom stereocenters. The van der Waals surface area contributed by atoms with Gasteiger partial charge in [-0.3, -0.25) is 4.79 Å². The molecule has 0 radical (unpaired) electrons. The van der Waals surface area contributed by atoms with Crippen LogP contribution in [0.1, 0.15) is 40.0 Å². The molecule has 1 aromatic heterocycles. The average molecular weight is 491 g/mol. The Morgan fingerprint density at radius 2 is 1.83 bits per heavy atom. The minimum Gasteiger partial charge on any atom is -0.493 e. The molecule has 1 N–H and O–H groups in total. The fourth-order valence-electron chi connectivity index (χ4n) is 4.40. The number of nitrogens with zero attached hydrogens (tertiary/aromatic N) is 1. The summed E-state index contributed by atoms with van der Waals surface area (Å²) in [6.45, 7) is 0.379. The lowest BCUT2D eigenvalue weighted by Crippen LogP contribution is -2.31. The normalized spacial score (nSPS) is 13.8. The van der Waals surface area contributed by atoms with Crippen molar-refractivity contribution in [1.29, 1.82) is 0 Å². The van der Waals surface area contributed by atoms with Gasteiger partial charge in [0, 0.05) is 19.0 Å². The van der Waals surface area contributed by atoms with Crippen molar-refractivity contribution < 1.29 is 28.5 Å². The third-order valence-electron chi connectivity index (χ3n) is 6.09. The third kappa shape index (κ3) is 5.49. The van der Waals surface area contributed by atoms with Crippen LogP contribution in [0.2, 0.25) is 0 Å². The second-order valence-electron chi connectivity index (χ2n) is 8.39. The van der Waals surface area contributed by atoms with Crippen molar-refractivity contribution in [2.75, 3.05) is 41.1 Å². The van der Waals surface area contributed by atoms with E-state index < -0.39 is 5.97 Å². The van der Waals surface area contributed by atoms with Crippen LogP contribution in [0.25, 0.3) is 22.6 Å². The van der Waals surface area contributed by atoms with Gasteiger partial charge >= 0.3 is 5.97 Å².